The van der Waals surface area contributed by atoms with Crippen molar-refractivity contribution in [2.24, 2.45) is 58.2 Å². The van der Waals surface area contributed by atoms with Crippen LogP contribution in [0.3, 0.4) is 0 Å². The molecule has 4 aliphatic carbocycles. The van der Waals surface area contributed by atoms with Gasteiger partial charge in [0.2, 0.25) is 0 Å². The lowest BCUT2D eigenvalue weighted by atomic mass is 9.38. The van der Waals surface area contributed by atoms with E-state index >= 15 is 0 Å². The Morgan fingerprint density at radius 2 is 1.59 bits per heavy atom. The van der Waals surface area contributed by atoms with Crippen molar-refractivity contribution in [1.29, 1.82) is 0 Å². The van der Waals surface area contributed by atoms with Gasteiger partial charge in [0, 0.05) is 0 Å². The number of hydrogen-bond acceptors (Lipinski definition) is 3. The fourth-order valence-electron chi connectivity index (χ4n) is 10.3. The molecule has 4 aliphatic rings. The predicted octanol–water partition coefficient (Wildman–Crippen LogP) is 5.75. The number of carboxylic acids is 1. The average molecular weight is 449 g/mol. The van der Waals surface area contributed by atoms with Crippen LogP contribution in [0.2, 0.25) is 0 Å². The number of fused-ring (bicyclic) bond motifs is 5. The molecule has 0 heterocycles. The second-order valence-electron chi connectivity index (χ2n) is 13.2. The van der Waals surface area contributed by atoms with E-state index in [1.807, 2.05) is 6.92 Å². The van der Waals surface area contributed by atoms with Gasteiger partial charge in [-0.1, -0.05) is 41.0 Å². The zero-order chi connectivity index (χ0) is 23.6. The van der Waals surface area contributed by atoms with Crippen molar-refractivity contribution in [3.05, 3.63) is 0 Å². The third-order valence-corrected chi connectivity index (χ3v) is 11.8. The van der Waals surface area contributed by atoms with E-state index in [0.717, 1.165) is 32.1 Å². The first-order valence-corrected chi connectivity index (χ1v) is 13.5. The highest BCUT2D eigenvalue weighted by Crippen LogP contribution is 2.71. The van der Waals surface area contributed by atoms with Crippen molar-refractivity contribution in [2.75, 3.05) is 0 Å². The van der Waals surface area contributed by atoms with E-state index in [1.165, 1.54) is 25.7 Å². The molecule has 32 heavy (non-hydrogen) atoms. The Balaban J connectivity index is 1.66. The third kappa shape index (κ3) is 3.49. The van der Waals surface area contributed by atoms with Crippen LogP contribution in [0.25, 0.3) is 0 Å². The SMILES string of the molecule is CC[C@@H]1[C@@H]2C[C@H](O)CC[C@]2(C)C2CC[C@@]3(C)C(CC[C@@H]3[C@@H](C)CC(C)C(=O)O)C2[C@@]1(C)O. The number of aliphatic hydroxyl groups is 2. The minimum absolute atomic E-state index is 0.193. The summed E-state index contributed by atoms with van der Waals surface area (Å²) in [7, 11) is 0. The van der Waals surface area contributed by atoms with Gasteiger partial charge in [0.25, 0.3) is 0 Å². The number of aliphatic carboxylic acids is 1. The van der Waals surface area contributed by atoms with Crippen LogP contribution in [-0.2, 0) is 4.79 Å². The van der Waals surface area contributed by atoms with E-state index in [2.05, 4.69) is 34.6 Å². The molecule has 0 spiro atoms. The first-order chi connectivity index (χ1) is 14.9. The van der Waals surface area contributed by atoms with Crippen molar-refractivity contribution >= 4 is 5.97 Å². The van der Waals surface area contributed by atoms with Gasteiger partial charge in [-0.25, -0.2) is 0 Å². The van der Waals surface area contributed by atoms with Crippen molar-refractivity contribution in [3.63, 3.8) is 0 Å². The van der Waals surface area contributed by atoms with Crippen LogP contribution in [0.4, 0.5) is 0 Å². The molecule has 0 radical (unpaired) electrons. The van der Waals surface area contributed by atoms with E-state index in [4.69, 9.17) is 0 Å². The standard InChI is InChI=1S/C28H48O4/c1-7-19-23-15-18(29)10-12-27(23,5)22-11-13-26(4)20(16(2)14-17(3)25(30)31)8-9-21(26)24(22)28(19,6)32/h16-24,29,32H,7-15H2,1-6H3,(H,30,31)/t16-,17?,18+,19+,20+,21?,22?,23-,24?,26+,27+,28-/m0/s1. The summed E-state index contributed by atoms with van der Waals surface area (Å²) in [5, 5.41) is 32.2. The molecule has 0 aromatic heterocycles. The highest BCUT2D eigenvalue weighted by atomic mass is 16.4. The van der Waals surface area contributed by atoms with Crippen LogP contribution >= 0.6 is 0 Å². The van der Waals surface area contributed by atoms with E-state index in [0.29, 0.717) is 35.5 Å². The normalized spacial score (nSPS) is 52.4. The van der Waals surface area contributed by atoms with Crippen LogP contribution in [0.5, 0.6) is 0 Å². The molecule has 4 fully saturated rings. The van der Waals surface area contributed by atoms with Crippen LogP contribution in [0.1, 0.15) is 99.3 Å². The maximum Gasteiger partial charge on any atom is 0.306 e. The molecule has 4 unspecified atom stereocenters. The molecule has 12 atom stereocenters. The van der Waals surface area contributed by atoms with Crippen molar-refractivity contribution in [3.8, 4) is 0 Å². The molecular formula is C28H48O4. The second-order valence-corrected chi connectivity index (χ2v) is 13.2. The molecule has 0 amide bonds. The monoisotopic (exact) mass is 448 g/mol. The average Bonchev–Trinajstić information content (AvgIpc) is 3.06. The molecular weight excluding hydrogens is 400 g/mol. The summed E-state index contributed by atoms with van der Waals surface area (Å²) in [6.07, 6.45) is 9.07. The summed E-state index contributed by atoms with van der Waals surface area (Å²) < 4.78 is 0. The van der Waals surface area contributed by atoms with Gasteiger partial charge in [-0.05, 0) is 111 Å². The van der Waals surface area contributed by atoms with Gasteiger partial charge < -0.3 is 15.3 Å². The summed E-state index contributed by atoms with van der Waals surface area (Å²) in [5.74, 6) is 1.99. The van der Waals surface area contributed by atoms with Gasteiger partial charge in [-0.2, -0.15) is 0 Å². The summed E-state index contributed by atoms with van der Waals surface area (Å²) in [6.45, 7) is 13.5. The van der Waals surface area contributed by atoms with Gasteiger partial charge in [-0.15, -0.1) is 0 Å². The summed E-state index contributed by atoms with van der Waals surface area (Å²) in [5.41, 5.74) is -0.284. The summed E-state index contributed by atoms with van der Waals surface area (Å²) in [6, 6.07) is 0. The zero-order valence-corrected chi connectivity index (χ0v) is 21.3. The van der Waals surface area contributed by atoms with Gasteiger partial charge in [-0.3, -0.25) is 4.79 Å². The highest BCUT2D eigenvalue weighted by molar-refractivity contribution is 5.69. The number of aliphatic hydroxyl groups excluding tert-OH is 1. The smallest absolute Gasteiger partial charge is 0.306 e. The highest BCUT2D eigenvalue weighted by Gasteiger charge is 2.68. The Kier molecular flexibility index (Phi) is 6.32. The number of carbonyl (C=O) groups is 1. The summed E-state index contributed by atoms with van der Waals surface area (Å²) >= 11 is 0. The Morgan fingerprint density at radius 1 is 0.969 bits per heavy atom. The fourth-order valence-corrected chi connectivity index (χ4v) is 10.3. The van der Waals surface area contributed by atoms with Crippen LogP contribution in [-0.4, -0.2) is 33.0 Å². The Labute approximate surface area is 195 Å². The fraction of sp³-hybridized carbons (Fsp3) is 0.964. The maximum atomic E-state index is 12.2. The minimum atomic E-state index is -0.695. The number of hydrogen-bond donors (Lipinski definition) is 3. The topological polar surface area (TPSA) is 77.8 Å². The lowest BCUT2D eigenvalue weighted by molar-refractivity contribution is -0.245. The van der Waals surface area contributed by atoms with Crippen molar-refractivity contribution in [1.82, 2.24) is 0 Å². The van der Waals surface area contributed by atoms with Gasteiger partial charge in [0.05, 0.1) is 17.6 Å². The van der Waals surface area contributed by atoms with E-state index < -0.39 is 11.6 Å². The van der Waals surface area contributed by atoms with E-state index in [-0.39, 0.29) is 28.8 Å². The molecule has 0 bridgehead atoms. The number of rotatable bonds is 5. The molecule has 0 saturated heterocycles. The number of carboxylic acid groups (broad SMARTS) is 1. The molecule has 4 rings (SSSR count). The molecule has 4 heteroatoms. The minimum Gasteiger partial charge on any atom is -0.481 e. The molecule has 3 N–H and O–H groups in total. The molecule has 0 aromatic rings. The van der Waals surface area contributed by atoms with Gasteiger partial charge in [0.1, 0.15) is 0 Å². The van der Waals surface area contributed by atoms with E-state index in [9.17, 15) is 20.1 Å². The Hall–Kier alpha value is -0.610. The predicted molar refractivity (Wildman–Crippen MR) is 127 cm³/mol. The van der Waals surface area contributed by atoms with E-state index in [1.54, 1.807) is 0 Å². The largest absolute Gasteiger partial charge is 0.481 e. The first kappa shape index (κ1) is 24.5. The third-order valence-electron chi connectivity index (χ3n) is 11.8. The van der Waals surface area contributed by atoms with Gasteiger partial charge in [0.15, 0.2) is 0 Å². The Bertz CT molecular complexity index is 718. The maximum absolute atomic E-state index is 12.2. The van der Waals surface area contributed by atoms with Gasteiger partial charge >= 0.3 is 5.97 Å². The second kappa shape index (κ2) is 8.26. The van der Waals surface area contributed by atoms with Crippen LogP contribution < -0.4 is 0 Å². The molecule has 184 valence electrons. The van der Waals surface area contributed by atoms with Crippen LogP contribution in [0, 0.1) is 58.2 Å². The quantitative estimate of drug-likeness (QED) is 0.500. The van der Waals surface area contributed by atoms with Crippen molar-refractivity contribution < 1.29 is 20.1 Å². The molecule has 4 saturated carbocycles. The molecule has 0 aliphatic heterocycles. The lowest BCUT2D eigenvalue weighted by Crippen LogP contribution is -2.66. The first-order valence-electron chi connectivity index (χ1n) is 13.5. The van der Waals surface area contributed by atoms with Crippen LogP contribution in [0.15, 0.2) is 0 Å². The lowest BCUT2D eigenvalue weighted by Gasteiger charge is -2.68. The zero-order valence-electron chi connectivity index (χ0n) is 21.3. The molecule has 4 nitrogen and oxygen atoms in total. The van der Waals surface area contributed by atoms with Crippen molar-refractivity contribution in [2.45, 2.75) is 111 Å². The summed E-state index contributed by atoms with van der Waals surface area (Å²) in [4.78, 5) is 11.5. The molecule has 0 aromatic carbocycles. The Morgan fingerprint density at radius 3 is 2.22 bits per heavy atom.